The van der Waals surface area contributed by atoms with E-state index in [1.165, 1.54) is 7.11 Å². The molecule has 1 aliphatic rings. The number of methoxy groups -OCH3 is 1. The van der Waals surface area contributed by atoms with E-state index in [1.54, 1.807) is 12.1 Å². The molecule has 0 spiro atoms. The van der Waals surface area contributed by atoms with Crippen LogP contribution in [0.15, 0.2) is 12.1 Å². The van der Waals surface area contributed by atoms with E-state index < -0.39 is 0 Å². The van der Waals surface area contributed by atoms with Crippen LogP contribution >= 0.6 is 23.2 Å². The van der Waals surface area contributed by atoms with E-state index in [-0.39, 0.29) is 11.5 Å². The minimum absolute atomic E-state index is 0.272. The average Bonchev–Trinajstić information content (AvgIpc) is 2.50. The third-order valence-electron chi connectivity index (χ3n) is 3.31. The molecule has 0 radical (unpaired) electrons. The minimum atomic E-state index is -0.285. The van der Waals surface area contributed by atoms with E-state index in [0.29, 0.717) is 22.3 Å². The van der Waals surface area contributed by atoms with Crippen LogP contribution in [0.2, 0.25) is 10.0 Å². The Hall–Kier alpha value is -1.01. The van der Waals surface area contributed by atoms with E-state index in [1.807, 2.05) is 0 Å². The third kappa shape index (κ3) is 4.23. The van der Waals surface area contributed by atoms with Gasteiger partial charge in [0.15, 0.2) is 5.75 Å². The SMILES string of the molecule is COc1c(Cl)ccc(Cl)c1C(=O)NCCN1CCOCC1. The van der Waals surface area contributed by atoms with Gasteiger partial charge in [-0.2, -0.15) is 0 Å². The summed E-state index contributed by atoms with van der Waals surface area (Å²) in [4.78, 5) is 14.5. The molecule has 2 rings (SSSR count). The van der Waals surface area contributed by atoms with Crippen LogP contribution in [0.1, 0.15) is 10.4 Å². The van der Waals surface area contributed by atoms with Crippen LogP contribution in [0.4, 0.5) is 0 Å². The molecule has 1 heterocycles. The van der Waals surface area contributed by atoms with E-state index >= 15 is 0 Å². The highest BCUT2D eigenvalue weighted by Crippen LogP contribution is 2.33. The van der Waals surface area contributed by atoms with Crippen molar-refractivity contribution in [3.05, 3.63) is 27.7 Å². The first-order valence-electron chi connectivity index (χ1n) is 6.73. The van der Waals surface area contributed by atoms with Crippen molar-refractivity contribution in [2.45, 2.75) is 0 Å². The van der Waals surface area contributed by atoms with Crippen LogP contribution in [0.3, 0.4) is 0 Å². The molecule has 0 saturated carbocycles. The molecule has 116 valence electrons. The summed E-state index contributed by atoms with van der Waals surface area (Å²) in [6.07, 6.45) is 0. The second kappa shape index (κ2) is 7.84. The smallest absolute Gasteiger partial charge is 0.256 e. The fourth-order valence-corrected chi connectivity index (χ4v) is 2.65. The number of hydrogen-bond donors (Lipinski definition) is 1. The van der Waals surface area contributed by atoms with E-state index in [2.05, 4.69) is 10.2 Å². The molecule has 1 fully saturated rings. The highest BCUT2D eigenvalue weighted by molar-refractivity contribution is 6.37. The van der Waals surface area contributed by atoms with Gasteiger partial charge in [-0.1, -0.05) is 23.2 Å². The fraction of sp³-hybridized carbons (Fsp3) is 0.500. The van der Waals surface area contributed by atoms with Gasteiger partial charge in [0.05, 0.1) is 30.4 Å². The van der Waals surface area contributed by atoms with Crippen molar-refractivity contribution >= 4 is 29.1 Å². The number of amides is 1. The summed E-state index contributed by atoms with van der Waals surface area (Å²) in [5.74, 6) is 0.0145. The molecule has 1 aliphatic heterocycles. The number of rotatable bonds is 5. The number of benzene rings is 1. The zero-order valence-corrected chi connectivity index (χ0v) is 13.3. The van der Waals surface area contributed by atoms with Crippen LogP contribution in [-0.4, -0.2) is 57.3 Å². The molecule has 1 N–H and O–H groups in total. The number of carbonyl (C=O) groups excluding carboxylic acids is 1. The molecule has 5 nitrogen and oxygen atoms in total. The first-order valence-corrected chi connectivity index (χ1v) is 7.49. The highest BCUT2D eigenvalue weighted by atomic mass is 35.5. The third-order valence-corrected chi connectivity index (χ3v) is 3.92. The summed E-state index contributed by atoms with van der Waals surface area (Å²) in [6, 6.07) is 3.19. The molecule has 1 amide bonds. The maximum absolute atomic E-state index is 12.3. The lowest BCUT2D eigenvalue weighted by Gasteiger charge is -2.26. The largest absolute Gasteiger partial charge is 0.494 e. The van der Waals surface area contributed by atoms with Crippen molar-refractivity contribution in [1.82, 2.24) is 10.2 Å². The second-order valence-corrected chi connectivity index (χ2v) is 5.46. The van der Waals surface area contributed by atoms with Crippen molar-refractivity contribution < 1.29 is 14.3 Å². The van der Waals surface area contributed by atoms with E-state index in [4.69, 9.17) is 32.7 Å². The molecule has 0 aromatic heterocycles. The number of nitrogens with one attached hydrogen (secondary N) is 1. The van der Waals surface area contributed by atoms with Gasteiger partial charge < -0.3 is 14.8 Å². The quantitative estimate of drug-likeness (QED) is 0.896. The molecule has 21 heavy (non-hydrogen) atoms. The molecule has 1 aromatic rings. The van der Waals surface area contributed by atoms with Crippen molar-refractivity contribution in [2.24, 2.45) is 0 Å². The van der Waals surface area contributed by atoms with E-state index in [9.17, 15) is 4.79 Å². The number of ether oxygens (including phenoxy) is 2. The average molecular weight is 333 g/mol. The van der Waals surface area contributed by atoms with Gasteiger partial charge in [0.25, 0.3) is 5.91 Å². The fourth-order valence-electron chi connectivity index (χ4n) is 2.19. The summed E-state index contributed by atoms with van der Waals surface area (Å²) >= 11 is 12.1. The Morgan fingerprint density at radius 1 is 1.33 bits per heavy atom. The number of halogens is 2. The van der Waals surface area contributed by atoms with Gasteiger partial charge >= 0.3 is 0 Å². The van der Waals surface area contributed by atoms with Crippen molar-refractivity contribution in [2.75, 3.05) is 46.5 Å². The minimum Gasteiger partial charge on any atom is -0.494 e. The molecule has 7 heteroatoms. The number of carbonyl (C=O) groups is 1. The van der Waals surface area contributed by atoms with Gasteiger partial charge in [0, 0.05) is 26.2 Å². The zero-order chi connectivity index (χ0) is 15.2. The van der Waals surface area contributed by atoms with Crippen molar-refractivity contribution in [3.63, 3.8) is 0 Å². The highest BCUT2D eigenvalue weighted by Gasteiger charge is 2.19. The Labute approximate surface area is 134 Å². The number of morpholine rings is 1. The Morgan fingerprint density at radius 2 is 2.00 bits per heavy atom. The lowest BCUT2D eigenvalue weighted by atomic mass is 10.2. The van der Waals surface area contributed by atoms with Gasteiger partial charge in [-0.3, -0.25) is 9.69 Å². The Kier molecular flexibility index (Phi) is 6.11. The lowest BCUT2D eigenvalue weighted by Crippen LogP contribution is -2.41. The van der Waals surface area contributed by atoms with Gasteiger partial charge in [0.2, 0.25) is 0 Å². The van der Waals surface area contributed by atoms with Crippen molar-refractivity contribution in [3.8, 4) is 5.75 Å². The van der Waals surface area contributed by atoms with Gasteiger partial charge in [-0.25, -0.2) is 0 Å². The van der Waals surface area contributed by atoms with Gasteiger partial charge in [0.1, 0.15) is 5.56 Å². The zero-order valence-electron chi connectivity index (χ0n) is 11.8. The first kappa shape index (κ1) is 16.4. The Bertz CT molecular complexity index is 505. The maximum atomic E-state index is 12.3. The van der Waals surface area contributed by atoms with Crippen LogP contribution in [0, 0.1) is 0 Å². The maximum Gasteiger partial charge on any atom is 0.256 e. The van der Waals surface area contributed by atoms with E-state index in [0.717, 1.165) is 32.8 Å². The predicted molar refractivity (Wildman–Crippen MR) is 82.6 cm³/mol. The van der Waals surface area contributed by atoms with Crippen molar-refractivity contribution in [1.29, 1.82) is 0 Å². The predicted octanol–water partition coefficient (Wildman–Crippen LogP) is 2.06. The summed E-state index contributed by atoms with van der Waals surface area (Å²) in [5.41, 5.74) is 0.272. The molecule has 0 atom stereocenters. The molecule has 0 aliphatic carbocycles. The summed E-state index contributed by atoms with van der Waals surface area (Å²) in [5, 5.41) is 3.53. The normalized spacial score (nSPS) is 15.8. The lowest BCUT2D eigenvalue weighted by molar-refractivity contribution is 0.0383. The molecular formula is C14H18Cl2N2O3. The van der Waals surface area contributed by atoms with Crippen LogP contribution in [0.5, 0.6) is 5.75 Å². The molecular weight excluding hydrogens is 315 g/mol. The monoisotopic (exact) mass is 332 g/mol. The van der Waals surface area contributed by atoms with Gasteiger partial charge in [-0.15, -0.1) is 0 Å². The Morgan fingerprint density at radius 3 is 2.67 bits per heavy atom. The van der Waals surface area contributed by atoms with Gasteiger partial charge in [-0.05, 0) is 12.1 Å². The summed E-state index contributed by atoms with van der Waals surface area (Å²) in [6.45, 7) is 4.55. The van der Waals surface area contributed by atoms with Crippen LogP contribution in [0.25, 0.3) is 0 Å². The number of nitrogens with zero attached hydrogens (tertiary/aromatic N) is 1. The molecule has 0 unspecified atom stereocenters. The Balaban J connectivity index is 1.95. The summed E-state index contributed by atoms with van der Waals surface area (Å²) < 4.78 is 10.4. The molecule has 1 aromatic carbocycles. The first-order chi connectivity index (χ1) is 10.1. The second-order valence-electron chi connectivity index (χ2n) is 4.65. The number of hydrogen-bond acceptors (Lipinski definition) is 4. The standard InChI is InChI=1S/C14H18Cl2N2O3/c1-20-13-11(16)3-2-10(15)12(13)14(19)17-4-5-18-6-8-21-9-7-18/h2-3H,4-9H2,1H3,(H,17,19). The van der Waals surface area contributed by atoms with Crippen LogP contribution < -0.4 is 10.1 Å². The summed E-state index contributed by atoms with van der Waals surface area (Å²) in [7, 11) is 1.46. The molecule has 0 bridgehead atoms. The van der Waals surface area contributed by atoms with Crippen LogP contribution in [-0.2, 0) is 4.74 Å². The topological polar surface area (TPSA) is 50.8 Å². The molecule has 1 saturated heterocycles.